The Kier molecular flexibility index (Phi) is 45.3. The Balaban J connectivity index is 3.94. The first kappa shape index (κ1) is 58.2. The summed E-state index contributed by atoms with van der Waals surface area (Å²) < 4.78 is 32.8. The lowest BCUT2D eigenvalue weighted by molar-refractivity contribution is -0.161. The standard InChI is InChI=1S/C50H94NO8P/c1-3-5-7-9-11-13-15-17-18-19-20-21-22-23-24-25-26-27-28-29-31-32-34-36-38-40-42-49(52)56-46-48(47-58-60(54,55)57-45-44-51)59-50(53)43-41-39-37-35-33-30-16-14-12-10-8-6-4-2/h6,8,12,14,30,33,48H,3-5,7,9-11,13,15-29,31-32,34-47,51H2,1-2H3,(H,54,55)/b8-6-,14-12-,33-30-. The molecule has 3 N–H and O–H groups in total. The minimum absolute atomic E-state index is 0.0490. The molecule has 0 aromatic carbocycles. The van der Waals surface area contributed by atoms with Gasteiger partial charge in [-0.3, -0.25) is 18.6 Å². The summed E-state index contributed by atoms with van der Waals surface area (Å²) in [5, 5.41) is 0. The lowest BCUT2D eigenvalue weighted by atomic mass is 10.0. The van der Waals surface area contributed by atoms with E-state index in [4.69, 9.17) is 24.3 Å². The Morgan fingerprint density at radius 3 is 1.37 bits per heavy atom. The highest BCUT2D eigenvalue weighted by atomic mass is 31.2. The first-order chi connectivity index (χ1) is 29.3. The van der Waals surface area contributed by atoms with Gasteiger partial charge in [0.1, 0.15) is 6.61 Å². The summed E-state index contributed by atoms with van der Waals surface area (Å²) in [4.78, 5) is 34.9. The molecule has 0 aliphatic heterocycles. The molecular weight excluding hydrogens is 774 g/mol. The summed E-state index contributed by atoms with van der Waals surface area (Å²) in [7, 11) is -4.38. The third-order valence-corrected chi connectivity index (χ3v) is 11.8. The largest absolute Gasteiger partial charge is 0.472 e. The van der Waals surface area contributed by atoms with Gasteiger partial charge in [0.15, 0.2) is 6.10 Å². The van der Waals surface area contributed by atoms with Crippen LogP contribution in [0.15, 0.2) is 36.5 Å². The molecule has 0 saturated carbocycles. The molecule has 2 unspecified atom stereocenters. The number of esters is 2. The summed E-state index contributed by atoms with van der Waals surface area (Å²) in [6.07, 6.45) is 53.5. The molecule has 0 saturated heterocycles. The van der Waals surface area contributed by atoms with E-state index in [-0.39, 0.29) is 38.6 Å². The molecule has 0 radical (unpaired) electrons. The van der Waals surface area contributed by atoms with Gasteiger partial charge in [0.05, 0.1) is 13.2 Å². The van der Waals surface area contributed by atoms with E-state index in [1.165, 1.54) is 148 Å². The van der Waals surface area contributed by atoms with Crippen LogP contribution in [0.3, 0.4) is 0 Å². The van der Waals surface area contributed by atoms with Crippen LogP contribution in [0.2, 0.25) is 0 Å². The number of ether oxygens (including phenoxy) is 2. The summed E-state index contributed by atoms with van der Waals surface area (Å²) >= 11 is 0. The van der Waals surface area contributed by atoms with Crippen LogP contribution in [0, 0.1) is 0 Å². The molecule has 0 aliphatic carbocycles. The maximum atomic E-state index is 12.6. The van der Waals surface area contributed by atoms with Crippen LogP contribution in [-0.4, -0.2) is 49.3 Å². The highest BCUT2D eigenvalue weighted by molar-refractivity contribution is 7.47. The summed E-state index contributed by atoms with van der Waals surface area (Å²) in [5.74, 6) is -0.854. The fourth-order valence-corrected chi connectivity index (χ4v) is 7.89. The van der Waals surface area contributed by atoms with E-state index in [1.54, 1.807) is 0 Å². The minimum atomic E-state index is -4.38. The van der Waals surface area contributed by atoms with Crippen molar-refractivity contribution in [2.45, 2.75) is 245 Å². The monoisotopic (exact) mass is 868 g/mol. The molecular formula is C50H94NO8P. The van der Waals surface area contributed by atoms with E-state index in [0.717, 1.165) is 57.8 Å². The van der Waals surface area contributed by atoms with Crippen LogP contribution in [0.4, 0.5) is 0 Å². The van der Waals surface area contributed by atoms with Gasteiger partial charge < -0.3 is 20.1 Å². The summed E-state index contributed by atoms with van der Waals surface area (Å²) in [6.45, 7) is 3.61. The highest BCUT2D eigenvalue weighted by Crippen LogP contribution is 2.43. The smallest absolute Gasteiger partial charge is 0.462 e. The maximum Gasteiger partial charge on any atom is 0.472 e. The zero-order valence-electron chi connectivity index (χ0n) is 38.9. The first-order valence-corrected chi connectivity index (χ1v) is 26.5. The molecule has 0 bridgehead atoms. The van der Waals surface area contributed by atoms with E-state index >= 15 is 0 Å². The molecule has 0 spiro atoms. The van der Waals surface area contributed by atoms with Crippen LogP contribution in [0.1, 0.15) is 239 Å². The van der Waals surface area contributed by atoms with Gasteiger partial charge in [-0.1, -0.05) is 217 Å². The molecule has 0 aromatic heterocycles. The van der Waals surface area contributed by atoms with Crippen molar-refractivity contribution in [3.05, 3.63) is 36.5 Å². The van der Waals surface area contributed by atoms with Gasteiger partial charge in [0, 0.05) is 19.4 Å². The molecule has 60 heavy (non-hydrogen) atoms. The summed E-state index contributed by atoms with van der Waals surface area (Å²) in [5.41, 5.74) is 5.35. The van der Waals surface area contributed by atoms with E-state index < -0.39 is 26.5 Å². The van der Waals surface area contributed by atoms with E-state index in [2.05, 4.69) is 50.3 Å². The van der Waals surface area contributed by atoms with Crippen molar-refractivity contribution in [2.75, 3.05) is 26.4 Å². The molecule has 0 rings (SSSR count). The van der Waals surface area contributed by atoms with Gasteiger partial charge in [-0.2, -0.15) is 0 Å². The molecule has 2 atom stereocenters. The molecule has 10 heteroatoms. The summed E-state index contributed by atoms with van der Waals surface area (Å²) in [6, 6.07) is 0. The first-order valence-electron chi connectivity index (χ1n) is 25.0. The Bertz CT molecular complexity index is 1080. The Morgan fingerprint density at radius 1 is 0.517 bits per heavy atom. The Morgan fingerprint density at radius 2 is 0.917 bits per heavy atom. The van der Waals surface area contributed by atoms with Gasteiger partial charge in [-0.05, 0) is 44.9 Å². The van der Waals surface area contributed by atoms with Crippen LogP contribution >= 0.6 is 7.82 Å². The quantitative estimate of drug-likeness (QED) is 0.0265. The van der Waals surface area contributed by atoms with Crippen molar-refractivity contribution in [1.29, 1.82) is 0 Å². The Hall–Kier alpha value is -1.77. The fraction of sp³-hybridized carbons (Fsp3) is 0.840. The normalized spacial score (nSPS) is 13.5. The van der Waals surface area contributed by atoms with E-state index in [1.807, 2.05) is 0 Å². The van der Waals surface area contributed by atoms with Crippen LogP contribution in [0.25, 0.3) is 0 Å². The zero-order valence-corrected chi connectivity index (χ0v) is 39.8. The van der Waals surface area contributed by atoms with Crippen molar-refractivity contribution in [1.82, 2.24) is 0 Å². The molecule has 0 aliphatic rings. The highest BCUT2D eigenvalue weighted by Gasteiger charge is 2.26. The molecule has 0 fully saturated rings. The number of phosphoric ester groups is 1. The third kappa shape index (κ3) is 45.7. The predicted molar refractivity (Wildman–Crippen MR) is 252 cm³/mol. The number of phosphoric acid groups is 1. The molecule has 0 heterocycles. The predicted octanol–water partition coefficient (Wildman–Crippen LogP) is 14.9. The number of allylic oxidation sites excluding steroid dienone is 6. The topological polar surface area (TPSA) is 134 Å². The van der Waals surface area contributed by atoms with Crippen molar-refractivity contribution in [3.8, 4) is 0 Å². The van der Waals surface area contributed by atoms with Crippen molar-refractivity contribution >= 4 is 19.8 Å². The Labute approximate surface area is 369 Å². The fourth-order valence-electron chi connectivity index (χ4n) is 7.12. The van der Waals surface area contributed by atoms with E-state index in [0.29, 0.717) is 6.42 Å². The minimum Gasteiger partial charge on any atom is -0.462 e. The van der Waals surface area contributed by atoms with Gasteiger partial charge in [0.2, 0.25) is 0 Å². The number of carbonyl (C=O) groups excluding carboxylic acids is 2. The number of nitrogens with two attached hydrogens (primary N) is 1. The van der Waals surface area contributed by atoms with Crippen LogP contribution in [0.5, 0.6) is 0 Å². The molecule has 9 nitrogen and oxygen atoms in total. The second kappa shape index (κ2) is 46.7. The van der Waals surface area contributed by atoms with Crippen molar-refractivity contribution in [3.63, 3.8) is 0 Å². The van der Waals surface area contributed by atoms with Crippen LogP contribution in [-0.2, 0) is 32.7 Å². The number of unbranched alkanes of at least 4 members (excludes halogenated alkanes) is 28. The van der Waals surface area contributed by atoms with E-state index in [9.17, 15) is 19.0 Å². The maximum absolute atomic E-state index is 12.6. The number of hydrogen-bond acceptors (Lipinski definition) is 8. The molecule has 0 amide bonds. The molecule has 352 valence electrons. The second-order valence-electron chi connectivity index (χ2n) is 16.7. The zero-order chi connectivity index (χ0) is 43.9. The number of hydrogen-bond donors (Lipinski definition) is 2. The van der Waals surface area contributed by atoms with Gasteiger partial charge in [-0.25, -0.2) is 4.57 Å². The lowest BCUT2D eigenvalue weighted by Crippen LogP contribution is -2.29. The van der Waals surface area contributed by atoms with Gasteiger partial charge in [-0.15, -0.1) is 0 Å². The van der Waals surface area contributed by atoms with Crippen molar-refractivity contribution < 1.29 is 37.6 Å². The number of rotatable bonds is 47. The second-order valence-corrected chi connectivity index (χ2v) is 18.1. The van der Waals surface area contributed by atoms with Crippen molar-refractivity contribution in [2.24, 2.45) is 5.73 Å². The average Bonchev–Trinajstić information content (AvgIpc) is 3.24. The average molecular weight is 868 g/mol. The third-order valence-electron chi connectivity index (χ3n) is 10.8. The van der Waals surface area contributed by atoms with Gasteiger partial charge >= 0.3 is 19.8 Å². The molecule has 0 aromatic rings. The number of carbonyl (C=O) groups is 2. The SMILES string of the molecule is CC/C=C\C/C=C\C/C=C\CCCCCC(=O)OC(COC(=O)CCCCCCCCCCCCCCCCCCCCCCCCCCCC)COP(=O)(O)OCCN. The van der Waals surface area contributed by atoms with Gasteiger partial charge in [0.25, 0.3) is 0 Å². The van der Waals surface area contributed by atoms with Crippen LogP contribution < -0.4 is 5.73 Å². The lowest BCUT2D eigenvalue weighted by Gasteiger charge is -2.19.